The van der Waals surface area contributed by atoms with Gasteiger partial charge in [-0.25, -0.2) is 9.78 Å². The highest BCUT2D eigenvalue weighted by atomic mass is 35.5. The minimum atomic E-state index is -1.04. The molecule has 23 heavy (non-hydrogen) atoms. The summed E-state index contributed by atoms with van der Waals surface area (Å²) in [6.45, 7) is 4.80. The fourth-order valence-corrected chi connectivity index (χ4v) is 2.26. The standard InChI is InChI=1S/C15H14Cl2N2O4/c1-7-4-11(8(2)22-7)15(21)23-9(3)14(20)19-13-12(17)5-10(16)6-18-13/h4-6,9H,1-3H3,(H,18,19,20)/t9-/m0/s1. The number of hydrogen-bond donors (Lipinski definition) is 1. The number of nitrogens with zero attached hydrogens (tertiary/aromatic N) is 1. The fourth-order valence-electron chi connectivity index (χ4n) is 1.84. The van der Waals surface area contributed by atoms with Gasteiger partial charge in [0.05, 0.1) is 10.0 Å². The van der Waals surface area contributed by atoms with Crippen LogP contribution in [0.2, 0.25) is 10.0 Å². The first-order valence-electron chi connectivity index (χ1n) is 6.68. The minimum absolute atomic E-state index is 0.138. The van der Waals surface area contributed by atoms with Crippen molar-refractivity contribution < 1.29 is 18.7 Å². The van der Waals surface area contributed by atoms with Crippen molar-refractivity contribution in [3.8, 4) is 0 Å². The van der Waals surface area contributed by atoms with Crippen LogP contribution < -0.4 is 5.32 Å². The summed E-state index contributed by atoms with van der Waals surface area (Å²) in [6.07, 6.45) is 0.308. The van der Waals surface area contributed by atoms with Gasteiger partial charge >= 0.3 is 5.97 Å². The molecule has 1 atom stereocenters. The third-order valence-electron chi connectivity index (χ3n) is 2.96. The topological polar surface area (TPSA) is 81.4 Å². The first-order chi connectivity index (χ1) is 10.8. The number of anilines is 1. The molecule has 0 aromatic carbocycles. The predicted octanol–water partition coefficient (Wildman–Crippen LogP) is 3.78. The van der Waals surface area contributed by atoms with E-state index in [1.807, 2.05) is 0 Å². The molecule has 0 saturated carbocycles. The third kappa shape index (κ3) is 4.24. The van der Waals surface area contributed by atoms with E-state index in [-0.39, 0.29) is 16.4 Å². The van der Waals surface area contributed by atoms with E-state index in [9.17, 15) is 9.59 Å². The lowest BCUT2D eigenvalue weighted by atomic mass is 10.2. The van der Waals surface area contributed by atoms with Crippen LogP contribution in [0.4, 0.5) is 5.82 Å². The van der Waals surface area contributed by atoms with Crippen LogP contribution in [0.3, 0.4) is 0 Å². The van der Waals surface area contributed by atoms with Crippen LogP contribution in [0, 0.1) is 13.8 Å². The first kappa shape index (κ1) is 17.3. The normalized spacial score (nSPS) is 11.9. The van der Waals surface area contributed by atoms with Crippen LogP contribution in [0.5, 0.6) is 0 Å². The molecule has 0 bridgehead atoms. The van der Waals surface area contributed by atoms with Crippen LogP contribution in [-0.2, 0) is 9.53 Å². The monoisotopic (exact) mass is 356 g/mol. The number of ether oxygens (including phenoxy) is 1. The number of rotatable bonds is 4. The summed E-state index contributed by atoms with van der Waals surface area (Å²) in [6, 6.07) is 3.00. The van der Waals surface area contributed by atoms with E-state index in [1.54, 1.807) is 19.9 Å². The Morgan fingerprint density at radius 1 is 1.30 bits per heavy atom. The van der Waals surface area contributed by atoms with E-state index >= 15 is 0 Å². The summed E-state index contributed by atoms with van der Waals surface area (Å²) in [5.41, 5.74) is 0.282. The Balaban J connectivity index is 2.02. The molecule has 0 unspecified atom stereocenters. The maximum atomic E-state index is 12.1. The van der Waals surface area contributed by atoms with E-state index in [1.165, 1.54) is 19.2 Å². The molecule has 8 heteroatoms. The number of carbonyl (C=O) groups excluding carboxylic acids is 2. The molecule has 0 aliphatic rings. The van der Waals surface area contributed by atoms with Crippen molar-refractivity contribution >= 4 is 40.9 Å². The van der Waals surface area contributed by atoms with E-state index in [0.29, 0.717) is 16.5 Å². The number of aromatic nitrogens is 1. The van der Waals surface area contributed by atoms with Crippen LogP contribution >= 0.6 is 23.2 Å². The Morgan fingerprint density at radius 3 is 2.57 bits per heavy atom. The molecule has 6 nitrogen and oxygen atoms in total. The molecule has 0 spiro atoms. The van der Waals surface area contributed by atoms with Crippen LogP contribution in [0.1, 0.15) is 28.8 Å². The van der Waals surface area contributed by atoms with E-state index < -0.39 is 18.0 Å². The third-order valence-corrected chi connectivity index (χ3v) is 3.46. The number of carbonyl (C=O) groups is 2. The van der Waals surface area contributed by atoms with Crippen molar-refractivity contribution in [1.82, 2.24) is 4.98 Å². The number of pyridine rings is 1. The van der Waals surface area contributed by atoms with Gasteiger partial charge in [0, 0.05) is 6.20 Å². The minimum Gasteiger partial charge on any atom is -0.466 e. The quantitative estimate of drug-likeness (QED) is 0.842. The Bertz CT molecular complexity index is 758. The Hall–Kier alpha value is -2.05. The lowest BCUT2D eigenvalue weighted by Gasteiger charge is -2.13. The smallest absolute Gasteiger partial charge is 0.342 e. The zero-order chi connectivity index (χ0) is 17.1. The van der Waals surface area contributed by atoms with Gasteiger partial charge in [0.25, 0.3) is 5.91 Å². The van der Waals surface area contributed by atoms with Gasteiger partial charge in [-0.2, -0.15) is 0 Å². The lowest BCUT2D eigenvalue weighted by molar-refractivity contribution is -0.123. The largest absolute Gasteiger partial charge is 0.466 e. The van der Waals surface area contributed by atoms with Crippen LogP contribution in [0.15, 0.2) is 22.7 Å². The molecule has 122 valence electrons. The average Bonchev–Trinajstić information content (AvgIpc) is 2.80. The van der Waals surface area contributed by atoms with Gasteiger partial charge in [-0.05, 0) is 32.9 Å². The highest BCUT2D eigenvalue weighted by Crippen LogP contribution is 2.23. The van der Waals surface area contributed by atoms with E-state index in [4.69, 9.17) is 32.4 Å². The number of hydrogen-bond acceptors (Lipinski definition) is 5. The molecule has 2 aromatic rings. The molecule has 0 aliphatic carbocycles. The molecule has 0 saturated heterocycles. The lowest BCUT2D eigenvalue weighted by Crippen LogP contribution is -2.30. The van der Waals surface area contributed by atoms with Gasteiger partial charge in [0.15, 0.2) is 11.9 Å². The average molecular weight is 357 g/mol. The SMILES string of the molecule is Cc1cc(C(=O)O[C@@H](C)C(=O)Nc2ncc(Cl)cc2Cl)c(C)o1. The summed E-state index contributed by atoms with van der Waals surface area (Å²) in [7, 11) is 0. The van der Waals surface area contributed by atoms with E-state index in [0.717, 1.165) is 0 Å². The number of halogens is 2. The van der Waals surface area contributed by atoms with E-state index in [2.05, 4.69) is 10.3 Å². The van der Waals surface area contributed by atoms with Crippen molar-refractivity contribution in [1.29, 1.82) is 0 Å². The van der Waals surface area contributed by atoms with Gasteiger partial charge in [0.1, 0.15) is 17.1 Å². The maximum Gasteiger partial charge on any atom is 0.342 e. The van der Waals surface area contributed by atoms with Gasteiger partial charge in [-0.3, -0.25) is 4.79 Å². The summed E-state index contributed by atoms with van der Waals surface area (Å²) in [5.74, 6) is -0.0457. The number of aryl methyl sites for hydroxylation is 2. The zero-order valence-electron chi connectivity index (χ0n) is 12.6. The molecule has 1 amide bonds. The van der Waals surface area contributed by atoms with Gasteiger partial charge < -0.3 is 14.5 Å². The Kier molecular flexibility index (Phi) is 5.28. The molecule has 2 heterocycles. The number of amides is 1. The highest BCUT2D eigenvalue weighted by molar-refractivity contribution is 6.36. The number of furan rings is 1. The molecule has 1 N–H and O–H groups in total. The summed E-state index contributed by atoms with van der Waals surface area (Å²) in [4.78, 5) is 28.0. The zero-order valence-corrected chi connectivity index (χ0v) is 14.2. The maximum absolute atomic E-state index is 12.1. The van der Waals surface area contributed by atoms with Gasteiger partial charge in [-0.1, -0.05) is 23.2 Å². The van der Waals surface area contributed by atoms with Gasteiger partial charge in [0.2, 0.25) is 0 Å². The van der Waals surface area contributed by atoms with Crippen molar-refractivity contribution in [2.24, 2.45) is 0 Å². The van der Waals surface area contributed by atoms with Crippen molar-refractivity contribution in [2.45, 2.75) is 26.9 Å². The second-order valence-corrected chi connectivity index (χ2v) is 5.69. The fraction of sp³-hybridized carbons (Fsp3) is 0.267. The van der Waals surface area contributed by atoms with Crippen LogP contribution in [-0.4, -0.2) is 23.0 Å². The molecule has 0 fully saturated rings. The Morgan fingerprint density at radius 2 is 2.00 bits per heavy atom. The first-order valence-corrected chi connectivity index (χ1v) is 7.43. The Labute approximate surface area is 142 Å². The summed E-state index contributed by atoms with van der Waals surface area (Å²) in [5, 5.41) is 3.00. The van der Waals surface area contributed by atoms with Crippen molar-refractivity contribution in [3.63, 3.8) is 0 Å². The second kappa shape index (κ2) is 7.02. The second-order valence-electron chi connectivity index (χ2n) is 4.85. The van der Waals surface area contributed by atoms with Gasteiger partial charge in [-0.15, -0.1) is 0 Å². The molecule has 2 aromatic heterocycles. The molecular weight excluding hydrogens is 343 g/mol. The molecule has 0 radical (unpaired) electrons. The number of nitrogens with one attached hydrogen (secondary N) is 1. The highest BCUT2D eigenvalue weighted by Gasteiger charge is 2.22. The van der Waals surface area contributed by atoms with Crippen molar-refractivity contribution in [3.05, 3.63) is 45.5 Å². The predicted molar refractivity (Wildman–Crippen MR) is 85.9 cm³/mol. The molecule has 0 aliphatic heterocycles. The number of esters is 1. The van der Waals surface area contributed by atoms with Crippen LogP contribution in [0.25, 0.3) is 0 Å². The van der Waals surface area contributed by atoms with Crippen molar-refractivity contribution in [2.75, 3.05) is 5.32 Å². The molecular formula is C15H14Cl2N2O4. The summed E-state index contributed by atoms with van der Waals surface area (Å²) >= 11 is 11.7. The summed E-state index contributed by atoms with van der Waals surface area (Å²) < 4.78 is 10.4. The molecule has 2 rings (SSSR count).